The molecule has 4 heteroatoms. The smallest absolute Gasteiger partial charge is 0.0794 e. The molecule has 1 unspecified atom stereocenters. The second-order valence-corrected chi connectivity index (χ2v) is 4.77. The van der Waals surface area contributed by atoms with Crippen molar-refractivity contribution in [3.63, 3.8) is 0 Å². The third kappa shape index (κ3) is 3.56. The first kappa shape index (κ1) is 10.0. The molecule has 1 aromatic heterocycles. The molecule has 0 fully saturated rings. The van der Waals surface area contributed by atoms with Crippen LogP contribution < -0.4 is 0 Å². The average Bonchev–Trinajstić information content (AvgIpc) is 2.57. The van der Waals surface area contributed by atoms with Gasteiger partial charge in [-0.05, 0) is 11.7 Å². The van der Waals surface area contributed by atoms with Crippen LogP contribution in [0.1, 0.15) is 11.8 Å². The standard InChI is InChI=1S/C8H13NOS2/c1-7(3-10)4-11-5-8-2-9-6-12-8/h2,6-7,10H,3-5H2,1H3. The molecule has 68 valence electrons. The van der Waals surface area contributed by atoms with Gasteiger partial charge < -0.3 is 5.11 Å². The van der Waals surface area contributed by atoms with Gasteiger partial charge in [0.05, 0.1) is 5.51 Å². The Balaban J connectivity index is 2.11. The van der Waals surface area contributed by atoms with E-state index in [9.17, 15) is 0 Å². The van der Waals surface area contributed by atoms with Crippen molar-refractivity contribution in [2.45, 2.75) is 12.7 Å². The van der Waals surface area contributed by atoms with Crippen LogP contribution in [0.3, 0.4) is 0 Å². The summed E-state index contributed by atoms with van der Waals surface area (Å²) < 4.78 is 0. The first-order chi connectivity index (χ1) is 5.83. The zero-order valence-electron chi connectivity index (χ0n) is 7.06. The van der Waals surface area contributed by atoms with Crippen molar-refractivity contribution in [3.05, 3.63) is 16.6 Å². The average molecular weight is 203 g/mol. The van der Waals surface area contributed by atoms with Gasteiger partial charge in [0.15, 0.2) is 0 Å². The van der Waals surface area contributed by atoms with E-state index >= 15 is 0 Å². The molecule has 0 spiro atoms. The van der Waals surface area contributed by atoms with Gasteiger partial charge in [-0.3, -0.25) is 4.98 Å². The largest absolute Gasteiger partial charge is 0.396 e. The molecule has 0 radical (unpaired) electrons. The van der Waals surface area contributed by atoms with E-state index < -0.39 is 0 Å². The SMILES string of the molecule is CC(CO)CSCc1cncs1. The molecule has 0 aromatic carbocycles. The lowest BCUT2D eigenvalue weighted by Gasteiger charge is -2.05. The molecule has 1 N–H and O–H groups in total. The normalized spacial score (nSPS) is 13.2. The summed E-state index contributed by atoms with van der Waals surface area (Å²) >= 11 is 3.54. The quantitative estimate of drug-likeness (QED) is 0.794. The van der Waals surface area contributed by atoms with E-state index in [4.69, 9.17) is 5.11 Å². The van der Waals surface area contributed by atoms with Crippen molar-refractivity contribution in [2.75, 3.05) is 12.4 Å². The fraction of sp³-hybridized carbons (Fsp3) is 0.625. The van der Waals surface area contributed by atoms with E-state index in [-0.39, 0.29) is 6.61 Å². The first-order valence-electron chi connectivity index (χ1n) is 3.89. The van der Waals surface area contributed by atoms with Crippen LogP contribution in [-0.4, -0.2) is 22.5 Å². The second-order valence-electron chi connectivity index (χ2n) is 2.77. The molecule has 1 aromatic rings. The highest BCUT2D eigenvalue weighted by atomic mass is 32.2. The lowest BCUT2D eigenvalue weighted by Crippen LogP contribution is -2.03. The molecule has 12 heavy (non-hydrogen) atoms. The minimum atomic E-state index is 0.287. The number of nitrogens with zero attached hydrogens (tertiary/aromatic N) is 1. The minimum absolute atomic E-state index is 0.287. The van der Waals surface area contributed by atoms with Gasteiger partial charge in [0.2, 0.25) is 0 Å². The molecule has 1 heterocycles. The Labute approximate surface area is 81.0 Å². The summed E-state index contributed by atoms with van der Waals surface area (Å²) in [6, 6.07) is 0. The maximum atomic E-state index is 8.77. The lowest BCUT2D eigenvalue weighted by molar-refractivity contribution is 0.250. The molecule has 1 atom stereocenters. The van der Waals surface area contributed by atoms with E-state index in [0.29, 0.717) is 5.92 Å². The molecule has 0 aliphatic rings. The summed E-state index contributed by atoms with van der Waals surface area (Å²) in [5.41, 5.74) is 1.85. The molecule has 2 nitrogen and oxygen atoms in total. The fourth-order valence-corrected chi connectivity index (χ4v) is 2.53. The molecule has 0 amide bonds. The number of thioether (sulfide) groups is 1. The fourth-order valence-electron chi connectivity index (χ4n) is 0.727. The van der Waals surface area contributed by atoms with Crippen LogP contribution in [0, 0.1) is 5.92 Å². The predicted octanol–water partition coefficient (Wildman–Crippen LogP) is 2.00. The molecular weight excluding hydrogens is 190 g/mol. The third-order valence-electron chi connectivity index (χ3n) is 1.44. The Morgan fingerprint density at radius 1 is 1.75 bits per heavy atom. The van der Waals surface area contributed by atoms with Crippen LogP contribution in [-0.2, 0) is 5.75 Å². The molecule has 0 bridgehead atoms. The Morgan fingerprint density at radius 2 is 2.58 bits per heavy atom. The summed E-state index contributed by atoms with van der Waals surface area (Å²) in [7, 11) is 0. The number of hydrogen-bond acceptors (Lipinski definition) is 4. The van der Waals surface area contributed by atoms with Gasteiger partial charge in [-0.15, -0.1) is 11.3 Å². The van der Waals surface area contributed by atoms with Crippen molar-refractivity contribution in [1.82, 2.24) is 4.98 Å². The van der Waals surface area contributed by atoms with Crippen molar-refractivity contribution in [1.29, 1.82) is 0 Å². The van der Waals surface area contributed by atoms with E-state index in [1.54, 1.807) is 11.3 Å². The lowest BCUT2D eigenvalue weighted by atomic mass is 10.2. The maximum Gasteiger partial charge on any atom is 0.0794 e. The zero-order chi connectivity index (χ0) is 8.81. The number of aliphatic hydroxyl groups excluding tert-OH is 1. The van der Waals surface area contributed by atoms with Crippen LogP contribution in [0.2, 0.25) is 0 Å². The summed E-state index contributed by atoms with van der Waals surface area (Å²) in [6.45, 7) is 2.34. The Hall–Kier alpha value is -0.0600. The maximum absolute atomic E-state index is 8.77. The van der Waals surface area contributed by atoms with Crippen LogP contribution in [0.5, 0.6) is 0 Å². The van der Waals surface area contributed by atoms with E-state index in [0.717, 1.165) is 11.5 Å². The molecule has 0 aliphatic heterocycles. The number of aromatic nitrogens is 1. The van der Waals surface area contributed by atoms with E-state index in [1.165, 1.54) is 4.88 Å². The highest BCUT2D eigenvalue weighted by Crippen LogP contribution is 2.17. The van der Waals surface area contributed by atoms with Crippen LogP contribution in [0.15, 0.2) is 11.7 Å². The van der Waals surface area contributed by atoms with Gasteiger partial charge in [0.25, 0.3) is 0 Å². The van der Waals surface area contributed by atoms with Crippen LogP contribution in [0.4, 0.5) is 0 Å². The highest BCUT2D eigenvalue weighted by Gasteiger charge is 2.00. The topological polar surface area (TPSA) is 33.1 Å². The molecule has 1 rings (SSSR count). The van der Waals surface area contributed by atoms with Gasteiger partial charge in [-0.2, -0.15) is 11.8 Å². The number of thiazole rings is 1. The summed E-state index contributed by atoms with van der Waals surface area (Å²) in [4.78, 5) is 5.31. The van der Waals surface area contributed by atoms with E-state index in [1.807, 2.05) is 23.5 Å². The molecule has 0 aliphatic carbocycles. The number of rotatable bonds is 5. The van der Waals surface area contributed by atoms with Crippen LogP contribution in [0.25, 0.3) is 0 Å². The third-order valence-corrected chi connectivity index (χ3v) is 3.72. The second kappa shape index (κ2) is 5.56. The first-order valence-corrected chi connectivity index (χ1v) is 5.92. The van der Waals surface area contributed by atoms with Gasteiger partial charge in [-0.25, -0.2) is 0 Å². The van der Waals surface area contributed by atoms with E-state index in [2.05, 4.69) is 11.9 Å². The Morgan fingerprint density at radius 3 is 3.17 bits per heavy atom. The minimum Gasteiger partial charge on any atom is -0.396 e. The van der Waals surface area contributed by atoms with Gasteiger partial charge in [-0.1, -0.05) is 6.92 Å². The van der Waals surface area contributed by atoms with Gasteiger partial charge in [0.1, 0.15) is 0 Å². The molecular formula is C8H13NOS2. The highest BCUT2D eigenvalue weighted by molar-refractivity contribution is 7.98. The van der Waals surface area contributed by atoms with Crippen LogP contribution >= 0.6 is 23.1 Å². The molecule has 0 saturated heterocycles. The van der Waals surface area contributed by atoms with Crippen molar-refractivity contribution >= 4 is 23.1 Å². The monoisotopic (exact) mass is 203 g/mol. The zero-order valence-corrected chi connectivity index (χ0v) is 8.70. The Bertz CT molecular complexity index is 201. The number of hydrogen-bond donors (Lipinski definition) is 1. The summed E-state index contributed by atoms with van der Waals surface area (Å²) in [5.74, 6) is 2.45. The van der Waals surface area contributed by atoms with Crippen molar-refractivity contribution in [3.8, 4) is 0 Å². The number of aliphatic hydroxyl groups is 1. The Kier molecular flexibility index (Phi) is 4.65. The predicted molar refractivity (Wildman–Crippen MR) is 54.5 cm³/mol. The molecule has 0 saturated carbocycles. The van der Waals surface area contributed by atoms with Crippen molar-refractivity contribution in [2.24, 2.45) is 5.92 Å². The van der Waals surface area contributed by atoms with Gasteiger partial charge in [0, 0.05) is 23.4 Å². The van der Waals surface area contributed by atoms with Gasteiger partial charge >= 0.3 is 0 Å². The summed E-state index contributed by atoms with van der Waals surface area (Å²) in [5, 5.41) is 8.77. The summed E-state index contributed by atoms with van der Waals surface area (Å²) in [6.07, 6.45) is 1.90. The van der Waals surface area contributed by atoms with Crippen molar-refractivity contribution < 1.29 is 5.11 Å².